The highest BCUT2D eigenvalue weighted by atomic mass is 14.0. The molecule has 0 aliphatic carbocycles. The summed E-state index contributed by atoms with van der Waals surface area (Å²) in [5.74, 6) is 0. The van der Waals surface area contributed by atoms with Crippen molar-refractivity contribution in [2.75, 3.05) is 0 Å². The van der Waals surface area contributed by atoms with Gasteiger partial charge in [0.1, 0.15) is 0 Å². The van der Waals surface area contributed by atoms with E-state index < -0.39 is 0 Å². The monoisotopic (exact) mass is 115 g/mol. The van der Waals surface area contributed by atoms with Gasteiger partial charge in [0.15, 0.2) is 0 Å². The lowest BCUT2D eigenvalue weighted by molar-refractivity contribution is 1.80. The van der Waals surface area contributed by atoms with Crippen LogP contribution in [0, 0.1) is 0 Å². The molecular weight excluding hydrogens is 98.1 g/mol. The highest BCUT2D eigenvalue weighted by Gasteiger charge is 1.15. The van der Waals surface area contributed by atoms with E-state index in [4.69, 9.17) is 0 Å². The van der Waals surface area contributed by atoms with E-state index in [0.717, 1.165) is 0 Å². The van der Waals surface area contributed by atoms with E-state index in [0.29, 0.717) is 0 Å². The van der Waals surface area contributed by atoms with Gasteiger partial charge in [-0.05, 0) is 6.92 Å². The Labute approximate surface area is 53.0 Å². The van der Waals surface area contributed by atoms with Crippen molar-refractivity contribution in [3.63, 3.8) is 0 Å². The van der Waals surface area contributed by atoms with Crippen LogP contribution in [-0.4, -0.2) is 0 Å². The first-order valence-electron chi connectivity index (χ1n) is 1.99. The van der Waals surface area contributed by atoms with E-state index in [1.807, 2.05) is 6.92 Å². The van der Waals surface area contributed by atoms with Crippen LogP contribution in [0.3, 0.4) is 0 Å². The Hall–Kier alpha value is -0.820. The smallest absolute Gasteiger partial charge is 0.0473 e. The maximum Gasteiger partial charge on any atom is -0.0473 e. The summed E-state index contributed by atoms with van der Waals surface area (Å²) < 4.78 is 0. The first kappa shape index (κ1) is 27.1. The third-order valence-electron chi connectivity index (χ3n) is 0. The molecule has 50 valence electrons. The van der Waals surface area contributed by atoms with Crippen LogP contribution in [0.15, 0.2) is 39.0 Å². The van der Waals surface area contributed by atoms with Gasteiger partial charge in [-0.15, -0.1) is 32.9 Å². The molecule has 0 saturated heterocycles. The zero-order valence-electron chi connectivity index (χ0n) is 5.82. The van der Waals surface area contributed by atoms with Crippen LogP contribution in [0.25, 0.3) is 0 Å². The van der Waals surface area contributed by atoms with Crippen molar-refractivity contribution in [1.82, 2.24) is 6.15 Å². The molecule has 0 atom stereocenters. The summed E-state index contributed by atoms with van der Waals surface area (Å²) in [6.45, 7) is 17.2. The molecule has 0 aliphatic heterocycles. The van der Waals surface area contributed by atoms with Crippen LogP contribution in [0.5, 0.6) is 0 Å². The zero-order valence-corrected chi connectivity index (χ0v) is 5.82. The first-order chi connectivity index (χ1) is 3.41. The summed E-state index contributed by atoms with van der Waals surface area (Å²) in [5.41, 5.74) is 0. The van der Waals surface area contributed by atoms with Gasteiger partial charge in [-0.25, -0.2) is 0 Å². The third kappa shape index (κ3) is 135. The molecule has 1 nitrogen and oxygen atoms in total. The highest BCUT2D eigenvalue weighted by molar-refractivity contribution is 4.51. The van der Waals surface area contributed by atoms with Gasteiger partial charge in [0.05, 0.1) is 0 Å². The molecule has 0 radical (unpaired) electrons. The Bertz CT molecular complexity index is 23.6. The third-order valence-corrected chi connectivity index (χ3v) is 0. The Morgan fingerprint density at radius 1 is 1.00 bits per heavy atom. The number of allylic oxidation sites excluding steroid dienone is 1. The molecule has 0 unspecified atom stereocenters. The maximum absolute atomic E-state index is 3.36. The quantitative estimate of drug-likeness (QED) is 0.484. The van der Waals surface area contributed by atoms with Gasteiger partial charge >= 0.3 is 0 Å². The fraction of sp³-hybridized carbons (Fsp3) is 0.143. The highest BCUT2D eigenvalue weighted by Crippen LogP contribution is 1.38. The Kier molecular flexibility index (Phi) is 17300. The Balaban J connectivity index is -0.0000000147. The number of hydrogen-bond acceptors (Lipinski definition) is 1. The largest absolute Gasteiger partial charge is 0.344 e. The van der Waals surface area contributed by atoms with E-state index >= 15 is 0 Å². The van der Waals surface area contributed by atoms with Crippen molar-refractivity contribution in [3.8, 4) is 0 Å². The summed E-state index contributed by atoms with van der Waals surface area (Å²) in [7, 11) is 0. The predicted octanol–water partition coefficient (Wildman–Crippen LogP) is 2.96. The fourth-order valence-electron chi connectivity index (χ4n) is 0. The molecule has 3 N–H and O–H groups in total. The predicted molar refractivity (Wildman–Crippen MR) is 43.4 cm³/mol. The zero-order chi connectivity index (χ0) is 6.71. The summed E-state index contributed by atoms with van der Waals surface area (Å²) in [6, 6.07) is 0. The van der Waals surface area contributed by atoms with Gasteiger partial charge in [-0.1, -0.05) is 6.08 Å². The molecule has 0 heterocycles. The molecule has 0 spiro atoms. The van der Waals surface area contributed by atoms with Crippen LogP contribution in [-0.2, 0) is 0 Å². The van der Waals surface area contributed by atoms with Crippen molar-refractivity contribution < 1.29 is 0 Å². The molecule has 0 amide bonds. The van der Waals surface area contributed by atoms with Crippen LogP contribution in [0.2, 0.25) is 0 Å². The van der Waals surface area contributed by atoms with E-state index in [2.05, 4.69) is 32.9 Å². The van der Waals surface area contributed by atoms with Crippen molar-refractivity contribution in [2.24, 2.45) is 0 Å². The molecule has 0 fully saturated rings. The van der Waals surface area contributed by atoms with Gasteiger partial charge in [-0.3, -0.25) is 0 Å². The molecule has 1 heteroatoms. The molecule has 8 heavy (non-hydrogen) atoms. The lowest BCUT2D eigenvalue weighted by Gasteiger charge is -1.31. The summed E-state index contributed by atoms with van der Waals surface area (Å²) in [5, 5.41) is 0. The molecule has 0 saturated carbocycles. The van der Waals surface area contributed by atoms with Crippen molar-refractivity contribution >= 4 is 0 Å². The average molecular weight is 115 g/mol. The van der Waals surface area contributed by atoms with Gasteiger partial charge in [0, 0.05) is 0 Å². The first-order valence-corrected chi connectivity index (χ1v) is 1.99. The van der Waals surface area contributed by atoms with E-state index in [1.165, 1.54) is 0 Å². The second-order valence-electron chi connectivity index (χ2n) is 0.408. The molecular formula is C7H17N. The maximum atomic E-state index is 3.36. The fourth-order valence-corrected chi connectivity index (χ4v) is 0. The average Bonchev–Trinajstić information content (AvgIpc) is 1.78. The second-order valence-corrected chi connectivity index (χ2v) is 0.408. The minimum Gasteiger partial charge on any atom is -0.344 e. The lowest BCUT2D eigenvalue weighted by atomic mass is 10.8. The second kappa shape index (κ2) is 5120. The van der Waals surface area contributed by atoms with Crippen LogP contribution >= 0.6 is 0 Å². The normalized spacial score (nSPS) is 2.62. The molecule has 0 aromatic rings. The Morgan fingerprint density at radius 2 is 1.00 bits per heavy atom. The van der Waals surface area contributed by atoms with Gasteiger partial charge in [0.25, 0.3) is 0 Å². The van der Waals surface area contributed by atoms with Gasteiger partial charge in [-0.2, -0.15) is 0 Å². The standard InChI is InChI=1S/C3H6.2C2H4.H3N/c1-3-2;2*1-2;/h3H,1H2,2H3;2*1-2H2;1H3. The lowest BCUT2D eigenvalue weighted by Crippen LogP contribution is -1.07. The van der Waals surface area contributed by atoms with E-state index in [1.54, 1.807) is 6.08 Å². The SMILES string of the molecule is C=C.C=C.C=CC.N. The summed E-state index contributed by atoms with van der Waals surface area (Å²) in [4.78, 5) is 0. The van der Waals surface area contributed by atoms with Crippen molar-refractivity contribution in [3.05, 3.63) is 39.0 Å². The molecule has 0 rings (SSSR count). The van der Waals surface area contributed by atoms with Crippen LogP contribution in [0.4, 0.5) is 0 Å². The topological polar surface area (TPSA) is 35.0 Å². The van der Waals surface area contributed by atoms with E-state index in [-0.39, 0.29) is 6.15 Å². The van der Waals surface area contributed by atoms with E-state index in [9.17, 15) is 0 Å². The van der Waals surface area contributed by atoms with Gasteiger partial charge in [0.2, 0.25) is 0 Å². The summed E-state index contributed by atoms with van der Waals surface area (Å²) in [6.07, 6.45) is 1.75. The van der Waals surface area contributed by atoms with Crippen LogP contribution in [0.1, 0.15) is 6.92 Å². The minimum atomic E-state index is 0. The minimum absolute atomic E-state index is 0. The van der Waals surface area contributed by atoms with Crippen molar-refractivity contribution in [2.45, 2.75) is 6.92 Å². The number of hydrogen-bond donors (Lipinski definition) is 1. The molecule has 0 bridgehead atoms. The number of rotatable bonds is 0. The van der Waals surface area contributed by atoms with Crippen molar-refractivity contribution in [1.29, 1.82) is 0 Å². The molecule has 0 aromatic heterocycles. The summed E-state index contributed by atoms with van der Waals surface area (Å²) >= 11 is 0. The van der Waals surface area contributed by atoms with Gasteiger partial charge < -0.3 is 6.15 Å². The van der Waals surface area contributed by atoms with Crippen LogP contribution < -0.4 is 6.15 Å². The molecule has 0 aromatic carbocycles. The Morgan fingerprint density at radius 3 is 1.00 bits per heavy atom. The molecule has 0 aliphatic rings.